The zero-order valence-corrected chi connectivity index (χ0v) is 18.7. The molecule has 1 unspecified atom stereocenters. The number of nitrogens with zero attached hydrogens (tertiary/aromatic N) is 3. The van der Waals surface area contributed by atoms with Gasteiger partial charge in [-0.15, -0.1) is 0 Å². The molecule has 1 aliphatic rings. The molecule has 1 aromatic heterocycles. The molecule has 1 fully saturated rings. The Bertz CT molecular complexity index is 972. The SMILES string of the molecule is Cc1nn(-c2ccccc2)c(C)c1NC(=O)CCN1CCCC(CNS(C)(=O)=O)C1. The summed E-state index contributed by atoms with van der Waals surface area (Å²) in [5.74, 6) is 0.246. The number of para-hydroxylation sites is 1. The first-order valence-electron chi connectivity index (χ1n) is 10.3. The quantitative estimate of drug-likeness (QED) is 0.664. The highest BCUT2D eigenvalue weighted by Gasteiger charge is 2.22. The summed E-state index contributed by atoms with van der Waals surface area (Å²) in [4.78, 5) is 14.8. The summed E-state index contributed by atoms with van der Waals surface area (Å²) in [5.41, 5.74) is 3.41. The number of hydrogen-bond acceptors (Lipinski definition) is 5. The van der Waals surface area contributed by atoms with E-state index in [1.807, 2.05) is 48.9 Å². The van der Waals surface area contributed by atoms with Crippen LogP contribution in [0.3, 0.4) is 0 Å². The number of anilines is 1. The van der Waals surface area contributed by atoms with Gasteiger partial charge in [0.05, 0.1) is 29.0 Å². The molecule has 30 heavy (non-hydrogen) atoms. The third-order valence-electron chi connectivity index (χ3n) is 5.45. The minimum absolute atomic E-state index is 0.0369. The van der Waals surface area contributed by atoms with Crippen molar-refractivity contribution in [2.75, 3.05) is 37.8 Å². The summed E-state index contributed by atoms with van der Waals surface area (Å²) in [5, 5.41) is 7.59. The summed E-state index contributed by atoms with van der Waals surface area (Å²) >= 11 is 0. The minimum atomic E-state index is -3.17. The number of amides is 1. The monoisotopic (exact) mass is 433 g/mol. The first-order chi connectivity index (χ1) is 14.2. The lowest BCUT2D eigenvalue weighted by molar-refractivity contribution is -0.116. The van der Waals surface area contributed by atoms with Gasteiger partial charge in [0.2, 0.25) is 15.9 Å². The second-order valence-electron chi connectivity index (χ2n) is 8.02. The number of sulfonamides is 1. The summed E-state index contributed by atoms with van der Waals surface area (Å²) in [6.07, 6.45) is 3.59. The first-order valence-corrected chi connectivity index (χ1v) is 12.2. The van der Waals surface area contributed by atoms with Crippen LogP contribution in [0.25, 0.3) is 5.69 Å². The lowest BCUT2D eigenvalue weighted by atomic mass is 9.98. The summed E-state index contributed by atoms with van der Waals surface area (Å²) in [7, 11) is -3.17. The largest absolute Gasteiger partial charge is 0.323 e. The normalized spacial score (nSPS) is 17.8. The highest BCUT2D eigenvalue weighted by atomic mass is 32.2. The third kappa shape index (κ3) is 6.13. The maximum Gasteiger partial charge on any atom is 0.225 e. The van der Waals surface area contributed by atoms with Gasteiger partial charge in [-0.05, 0) is 51.3 Å². The van der Waals surface area contributed by atoms with Gasteiger partial charge in [-0.3, -0.25) is 4.79 Å². The molecule has 0 aliphatic carbocycles. The fourth-order valence-corrected chi connectivity index (χ4v) is 4.43. The van der Waals surface area contributed by atoms with E-state index in [2.05, 4.69) is 20.0 Å². The predicted octanol–water partition coefficient (Wildman–Crippen LogP) is 2.08. The van der Waals surface area contributed by atoms with Crippen LogP contribution in [0.1, 0.15) is 30.7 Å². The van der Waals surface area contributed by atoms with Crippen LogP contribution in [0.15, 0.2) is 30.3 Å². The van der Waals surface area contributed by atoms with Gasteiger partial charge in [-0.1, -0.05) is 18.2 Å². The van der Waals surface area contributed by atoms with Crippen molar-refractivity contribution in [3.05, 3.63) is 41.7 Å². The van der Waals surface area contributed by atoms with Crippen LogP contribution >= 0.6 is 0 Å². The van der Waals surface area contributed by atoms with Crippen molar-refractivity contribution < 1.29 is 13.2 Å². The number of piperidine rings is 1. The molecule has 2 heterocycles. The number of aromatic nitrogens is 2. The minimum Gasteiger partial charge on any atom is -0.323 e. The number of carbonyl (C=O) groups is 1. The van der Waals surface area contributed by atoms with Gasteiger partial charge >= 0.3 is 0 Å². The van der Waals surface area contributed by atoms with Crippen LogP contribution in [-0.4, -0.2) is 61.4 Å². The number of likely N-dealkylation sites (tertiary alicyclic amines) is 1. The van der Waals surface area contributed by atoms with E-state index in [9.17, 15) is 13.2 Å². The Morgan fingerprint density at radius 2 is 1.97 bits per heavy atom. The van der Waals surface area contributed by atoms with Gasteiger partial charge in [0, 0.05) is 26.1 Å². The highest BCUT2D eigenvalue weighted by molar-refractivity contribution is 7.88. The number of nitrogens with one attached hydrogen (secondary N) is 2. The van der Waals surface area contributed by atoms with Gasteiger partial charge in [0.1, 0.15) is 0 Å². The van der Waals surface area contributed by atoms with Gasteiger partial charge in [-0.25, -0.2) is 17.8 Å². The molecular weight excluding hydrogens is 402 g/mol. The number of benzene rings is 1. The average Bonchev–Trinajstić information content (AvgIpc) is 2.99. The van der Waals surface area contributed by atoms with Gasteiger partial charge in [-0.2, -0.15) is 5.10 Å². The summed E-state index contributed by atoms with van der Waals surface area (Å²) < 4.78 is 27.1. The van der Waals surface area contributed by atoms with E-state index in [0.29, 0.717) is 19.5 Å². The predicted molar refractivity (Wildman–Crippen MR) is 118 cm³/mol. The van der Waals surface area contributed by atoms with Crippen molar-refractivity contribution >= 4 is 21.6 Å². The molecule has 164 valence electrons. The second kappa shape index (κ2) is 9.72. The van der Waals surface area contributed by atoms with Crippen molar-refractivity contribution in [3.63, 3.8) is 0 Å². The molecule has 0 radical (unpaired) electrons. The molecule has 8 nitrogen and oxygen atoms in total. The van der Waals surface area contributed by atoms with E-state index < -0.39 is 10.0 Å². The Morgan fingerprint density at radius 3 is 2.67 bits per heavy atom. The maximum atomic E-state index is 12.6. The molecule has 0 spiro atoms. The molecule has 2 aromatic rings. The van der Waals surface area contributed by atoms with Gasteiger partial charge < -0.3 is 10.2 Å². The summed E-state index contributed by atoms with van der Waals surface area (Å²) in [6, 6.07) is 9.84. The van der Waals surface area contributed by atoms with Crippen LogP contribution in [0.5, 0.6) is 0 Å². The lowest BCUT2D eigenvalue weighted by Crippen LogP contribution is -2.41. The number of carbonyl (C=O) groups excluding carboxylic acids is 1. The number of hydrogen-bond donors (Lipinski definition) is 2. The molecule has 1 amide bonds. The Balaban J connectivity index is 1.53. The molecule has 3 rings (SSSR count). The molecular formula is C21H31N5O3S. The zero-order chi connectivity index (χ0) is 21.7. The van der Waals surface area contributed by atoms with Gasteiger partial charge in [0.15, 0.2) is 0 Å². The van der Waals surface area contributed by atoms with E-state index in [1.54, 1.807) is 0 Å². The average molecular weight is 434 g/mol. The first kappa shape index (κ1) is 22.5. The van der Waals surface area contributed by atoms with E-state index in [-0.39, 0.29) is 11.8 Å². The molecule has 1 aromatic carbocycles. The smallest absolute Gasteiger partial charge is 0.225 e. The molecule has 0 saturated carbocycles. The maximum absolute atomic E-state index is 12.6. The van der Waals surface area contributed by atoms with Gasteiger partial charge in [0.25, 0.3) is 0 Å². The lowest BCUT2D eigenvalue weighted by Gasteiger charge is -2.32. The Morgan fingerprint density at radius 1 is 1.23 bits per heavy atom. The third-order valence-corrected chi connectivity index (χ3v) is 6.14. The van der Waals surface area contributed by atoms with Crippen LogP contribution in [-0.2, 0) is 14.8 Å². The number of rotatable bonds is 8. The van der Waals surface area contributed by atoms with E-state index >= 15 is 0 Å². The second-order valence-corrected chi connectivity index (χ2v) is 9.85. The number of aryl methyl sites for hydroxylation is 1. The van der Waals surface area contributed by atoms with Crippen molar-refractivity contribution in [1.82, 2.24) is 19.4 Å². The fraction of sp³-hybridized carbons (Fsp3) is 0.524. The fourth-order valence-electron chi connectivity index (χ4n) is 3.90. The van der Waals surface area contributed by atoms with E-state index in [0.717, 1.165) is 48.7 Å². The van der Waals surface area contributed by atoms with Crippen LogP contribution < -0.4 is 10.0 Å². The van der Waals surface area contributed by atoms with Crippen molar-refractivity contribution in [3.8, 4) is 5.69 Å². The van der Waals surface area contributed by atoms with Crippen molar-refractivity contribution in [1.29, 1.82) is 0 Å². The Labute approximate surface area is 178 Å². The molecule has 2 N–H and O–H groups in total. The van der Waals surface area contributed by atoms with E-state index in [1.165, 1.54) is 6.26 Å². The zero-order valence-electron chi connectivity index (χ0n) is 17.9. The topological polar surface area (TPSA) is 96.3 Å². The molecule has 1 saturated heterocycles. The molecule has 1 aliphatic heterocycles. The molecule has 9 heteroatoms. The van der Waals surface area contributed by atoms with Crippen LogP contribution in [0.4, 0.5) is 5.69 Å². The standard InChI is InChI=1S/C21H31N5O3S/c1-16-21(17(2)26(24-16)19-9-5-4-6-10-19)23-20(27)11-13-25-12-7-8-18(15-25)14-22-30(3,28)29/h4-6,9-10,18,22H,7-8,11-15H2,1-3H3,(H,23,27). The Kier molecular flexibility index (Phi) is 7.27. The Hall–Kier alpha value is -2.23. The highest BCUT2D eigenvalue weighted by Crippen LogP contribution is 2.23. The van der Waals surface area contributed by atoms with E-state index in [4.69, 9.17) is 0 Å². The summed E-state index contributed by atoms with van der Waals surface area (Å²) in [6.45, 7) is 6.70. The molecule has 1 atom stereocenters. The molecule has 0 bridgehead atoms. The van der Waals surface area contributed by atoms with Crippen LogP contribution in [0.2, 0.25) is 0 Å². The van der Waals surface area contributed by atoms with Crippen molar-refractivity contribution in [2.45, 2.75) is 33.1 Å². The van der Waals surface area contributed by atoms with Crippen LogP contribution in [0, 0.1) is 19.8 Å². The van der Waals surface area contributed by atoms with Crippen molar-refractivity contribution in [2.24, 2.45) is 5.92 Å².